The van der Waals surface area contributed by atoms with Crippen molar-refractivity contribution in [3.63, 3.8) is 0 Å². The van der Waals surface area contributed by atoms with Crippen LogP contribution in [0.5, 0.6) is 5.75 Å². The van der Waals surface area contributed by atoms with E-state index in [1.165, 1.54) is 23.4 Å². The number of amides is 1. The van der Waals surface area contributed by atoms with Crippen molar-refractivity contribution in [3.05, 3.63) is 58.7 Å². The molecule has 0 radical (unpaired) electrons. The highest BCUT2D eigenvalue weighted by atomic mass is 32.2. The third-order valence-electron chi connectivity index (χ3n) is 5.04. The number of methoxy groups -OCH3 is 1. The van der Waals surface area contributed by atoms with Gasteiger partial charge in [0, 0.05) is 27.2 Å². The Balaban J connectivity index is 1.87. The number of hydrogen-bond acceptors (Lipinski definition) is 6. The van der Waals surface area contributed by atoms with Crippen molar-refractivity contribution in [2.24, 2.45) is 0 Å². The van der Waals surface area contributed by atoms with Gasteiger partial charge in [-0.15, -0.1) is 0 Å². The predicted octanol–water partition coefficient (Wildman–Crippen LogP) is 2.48. The van der Waals surface area contributed by atoms with Crippen LogP contribution >= 0.6 is 0 Å². The van der Waals surface area contributed by atoms with E-state index in [0.29, 0.717) is 29.0 Å². The van der Waals surface area contributed by atoms with Crippen LogP contribution in [-0.2, 0) is 26.1 Å². The lowest BCUT2D eigenvalue weighted by atomic mass is 10.1. The highest BCUT2D eigenvalue weighted by Gasteiger charge is 2.25. The SMILES string of the molecule is COc1cc(C)c(S(=O)(=O)N(C)CCOCC(=O)N(C)Cc2ccc(C#N)cc2)c(C)c1. The van der Waals surface area contributed by atoms with E-state index in [4.69, 9.17) is 14.7 Å². The monoisotopic (exact) mass is 459 g/mol. The molecule has 2 rings (SSSR count). The maximum atomic E-state index is 13.0. The van der Waals surface area contributed by atoms with E-state index in [-0.39, 0.29) is 30.6 Å². The molecule has 32 heavy (non-hydrogen) atoms. The Morgan fingerprint density at radius 2 is 1.69 bits per heavy atom. The summed E-state index contributed by atoms with van der Waals surface area (Å²) in [6, 6.07) is 12.4. The number of aryl methyl sites for hydroxylation is 2. The molecule has 1 amide bonds. The number of likely N-dealkylation sites (N-methyl/N-ethyl adjacent to an activating group) is 2. The topological polar surface area (TPSA) is 99.9 Å². The quantitative estimate of drug-likeness (QED) is 0.506. The Morgan fingerprint density at radius 3 is 2.22 bits per heavy atom. The van der Waals surface area contributed by atoms with Gasteiger partial charge in [0.15, 0.2) is 0 Å². The zero-order valence-corrected chi connectivity index (χ0v) is 19.9. The van der Waals surface area contributed by atoms with E-state index in [1.807, 2.05) is 0 Å². The van der Waals surface area contributed by atoms with Gasteiger partial charge >= 0.3 is 0 Å². The summed E-state index contributed by atoms with van der Waals surface area (Å²) >= 11 is 0. The number of ether oxygens (including phenoxy) is 2. The average Bonchev–Trinajstić information content (AvgIpc) is 2.75. The predicted molar refractivity (Wildman–Crippen MR) is 121 cm³/mol. The smallest absolute Gasteiger partial charge is 0.248 e. The summed E-state index contributed by atoms with van der Waals surface area (Å²) in [7, 11) is 0.977. The summed E-state index contributed by atoms with van der Waals surface area (Å²) in [5.41, 5.74) is 2.67. The fraction of sp³-hybridized carbons (Fsp3) is 0.391. The fourth-order valence-corrected chi connectivity index (χ4v) is 4.78. The van der Waals surface area contributed by atoms with Crippen LogP contribution in [0.2, 0.25) is 0 Å². The summed E-state index contributed by atoms with van der Waals surface area (Å²) in [6.07, 6.45) is 0. The second-order valence-electron chi connectivity index (χ2n) is 7.53. The van der Waals surface area contributed by atoms with Gasteiger partial charge in [-0.25, -0.2) is 8.42 Å². The van der Waals surface area contributed by atoms with Crippen molar-refractivity contribution in [2.75, 3.05) is 41.0 Å². The van der Waals surface area contributed by atoms with Crippen molar-refractivity contribution in [2.45, 2.75) is 25.3 Å². The Hall–Kier alpha value is -2.93. The van der Waals surface area contributed by atoms with Gasteiger partial charge in [-0.05, 0) is 54.8 Å². The molecule has 0 aliphatic rings. The highest BCUT2D eigenvalue weighted by molar-refractivity contribution is 7.89. The molecular weight excluding hydrogens is 430 g/mol. The molecule has 2 aromatic rings. The van der Waals surface area contributed by atoms with E-state index in [0.717, 1.165) is 5.56 Å². The molecule has 0 bridgehead atoms. The summed E-state index contributed by atoms with van der Waals surface area (Å²) in [4.78, 5) is 14.1. The minimum absolute atomic E-state index is 0.0838. The Morgan fingerprint density at radius 1 is 1.09 bits per heavy atom. The summed E-state index contributed by atoms with van der Waals surface area (Å²) < 4.78 is 37.8. The third kappa shape index (κ3) is 6.29. The van der Waals surface area contributed by atoms with Crippen LogP contribution in [-0.4, -0.2) is 64.5 Å². The van der Waals surface area contributed by atoms with Crippen molar-refractivity contribution in [1.29, 1.82) is 5.26 Å². The Kier molecular flexibility index (Phi) is 8.78. The zero-order valence-electron chi connectivity index (χ0n) is 19.1. The number of nitriles is 1. The highest BCUT2D eigenvalue weighted by Crippen LogP contribution is 2.27. The van der Waals surface area contributed by atoms with Gasteiger partial charge in [0.2, 0.25) is 15.9 Å². The third-order valence-corrected chi connectivity index (χ3v) is 7.21. The van der Waals surface area contributed by atoms with Crippen molar-refractivity contribution < 1.29 is 22.7 Å². The summed E-state index contributed by atoms with van der Waals surface area (Å²) in [5.74, 6) is 0.385. The molecule has 8 nitrogen and oxygen atoms in total. The molecule has 0 atom stereocenters. The lowest BCUT2D eigenvalue weighted by Gasteiger charge is -2.21. The van der Waals surface area contributed by atoms with Crippen molar-refractivity contribution in [3.8, 4) is 11.8 Å². The van der Waals surface area contributed by atoms with Crippen molar-refractivity contribution >= 4 is 15.9 Å². The number of nitrogens with zero attached hydrogens (tertiary/aromatic N) is 3. The van der Waals surface area contributed by atoms with Crippen LogP contribution in [0, 0.1) is 25.2 Å². The van der Waals surface area contributed by atoms with Crippen molar-refractivity contribution in [1.82, 2.24) is 9.21 Å². The molecule has 0 fully saturated rings. The maximum Gasteiger partial charge on any atom is 0.248 e. The van der Waals surface area contributed by atoms with Gasteiger partial charge in [0.25, 0.3) is 0 Å². The second kappa shape index (κ2) is 11.1. The molecule has 0 unspecified atom stereocenters. The fourth-order valence-electron chi connectivity index (χ4n) is 3.22. The number of carbonyl (C=O) groups is 1. The van der Waals surface area contributed by atoms with Crippen LogP contribution in [0.3, 0.4) is 0 Å². The van der Waals surface area contributed by atoms with Crippen LogP contribution in [0.15, 0.2) is 41.3 Å². The van der Waals surface area contributed by atoms with E-state index >= 15 is 0 Å². The lowest BCUT2D eigenvalue weighted by Crippen LogP contribution is -2.33. The molecule has 0 aliphatic carbocycles. The first-order valence-corrected chi connectivity index (χ1v) is 11.5. The van der Waals surface area contributed by atoms with Crippen LogP contribution < -0.4 is 4.74 Å². The van der Waals surface area contributed by atoms with Gasteiger partial charge in [-0.1, -0.05) is 12.1 Å². The zero-order chi connectivity index (χ0) is 23.9. The number of rotatable bonds is 10. The first-order valence-electron chi connectivity index (χ1n) is 10.0. The average molecular weight is 460 g/mol. The van der Waals surface area contributed by atoms with E-state index in [9.17, 15) is 13.2 Å². The summed E-state index contributed by atoms with van der Waals surface area (Å²) in [5, 5.41) is 8.84. The molecular formula is C23H29N3O5S. The standard InChI is InChI=1S/C23H29N3O5S/c1-17-12-21(30-5)13-18(2)23(17)32(28,29)26(4)10-11-31-16-22(27)25(3)15-20-8-6-19(14-24)7-9-20/h6-9,12-13H,10-11,15-16H2,1-5H3. The molecule has 9 heteroatoms. The molecule has 0 aliphatic heterocycles. The summed E-state index contributed by atoms with van der Waals surface area (Å²) in [6.45, 7) is 3.89. The van der Waals surface area contributed by atoms with Gasteiger partial charge in [-0.2, -0.15) is 9.57 Å². The Labute approximate surface area is 190 Å². The largest absolute Gasteiger partial charge is 0.497 e. The minimum atomic E-state index is -3.71. The molecule has 0 spiro atoms. The second-order valence-corrected chi connectivity index (χ2v) is 9.51. The van der Waals surface area contributed by atoms with Gasteiger partial charge in [0.05, 0.1) is 30.2 Å². The van der Waals surface area contributed by atoms with Gasteiger partial charge in [-0.3, -0.25) is 4.79 Å². The molecule has 0 N–H and O–H groups in total. The molecule has 2 aromatic carbocycles. The number of hydrogen-bond donors (Lipinski definition) is 0. The van der Waals surface area contributed by atoms with E-state index < -0.39 is 10.0 Å². The lowest BCUT2D eigenvalue weighted by molar-refractivity contribution is -0.135. The molecule has 172 valence electrons. The number of benzene rings is 2. The van der Waals surface area contributed by atoms with Crippen LogP contribution in [0.25, 0.3) is 0 Å². The molecule has 0 aromatic heterocycles. The first kappa shape index (κ1) is 25.3. The molecule has 0 heterocycles. The molecule has 0 saturated carbocycles. The number of carbonyl (C=O) groups excluding carboxylic acids is 1. The van der Waals surface area contributed by atoms with E-state index in [2.05, 4.69) is 6.07 Å². The maximum absolute atomic E-state index is 13.0. The van der Waals surface area contributed by atoms with Gasteiger partial charge < -0.3 is 14.4 Å². The normalized spacial score (nSPS) is 11.3. The molecule has 0 saturated heterocycles. The van der Waals surface area contributed by atoms with Crippen LogP contribution in [0.4, 0.5) is 0 Å². The van der Waals surface area contributed by atoms with E-state index in [1.54, 1.807) is 57.3 Å². The van der Waals surface area contributed by atoms with Gasteiger partial charge in [0.1, 0.15) is 12.4 Å². The Bertz CT molecular complexity index is 1070. The number of sulfonamides is 1. The first-order chi connectivity index (χ1) is 15.1. The minimum Gasteiger partial charge on any atom is -0.497 e. The van der Waals surface area contributed by atoms with Crippen LogP contribution in [0.1, 0.15) is 22.3 Å².